The van der Waals surface area contributed by atoms with E-state index < -0.39 is 23.4 Å². The molecule has 22 heavy (non-hydrogen) atoms. The molecule has 2 rings (SSSR count). The summed E-state index contributed by atoms with van der Waals surface area (Å²) in [6.45, 7) is 1.65. The van der Waals surface area contributed by atoms with Crippen molar-refractivity contribution < 1.29 is 22.7 Å². The third-order valence-electron chi connectivity index (χ3n) is 3.13. The van der Waals surface area contributed by atoms with Gasteiger partial charge in [-0.05, 0) is 47.9 Å². The highest BCUT2D eigenvalue weighted by molar-refractivity contribution is 5.91. The minimum Gasteiger partial charge on any atom is -0.466 e. The Kier molecular flexibility index (Phi) is 4.65. The highest BCUT2D eigenvalue weighted by atomic mass is 19.1. The first-order chi connectivity index (χ1) is 10.4. The van der Waals surface area contributed by atoms with Crippen molar-refractivity contribution in [1.29, 1.82) is 0 Å². The summed E-state index contributed by atoms with van der Waals surface area (Å²) in [6, 6.07) is 6.90. The number of benzene rings is 2. The van der Waals surface area contributed by atoms with E-state index in [1.165, 1.54) is 31.4 Å². The molecule has 0 saturated heterocycles. The topological polar surface area (TPSA) is 26.3 Å². The van der Waals surface area contributed by atoms with Crippen LogP contribution in [0.3, 0.4) is 0 Å². The minimum absolute atomic E-state index is 0.0496. The lowest BCUT2D eigenvalue weighted by atomic mass is 9.99. The summed E-state index contributed by atoms with van der Waals surface area (Å²) in [6.07, 6.45) is 1.25. The fourth-order valence-corrected chi connectivity index (χ4v) is 2.02. The van der Waals surface area contributed by atoms with Crippen LogP contribution in [0.2, 0.25) is 0 Å². The molecule has 0 amide bonds. The minimum atomic E-state index is -0.790. The van der Waals surface area contributed by atoms with Crippen LogP contribution in [0.25, 0.3) is 16.7 Å². The van der Waals surface area contributed by atoms with Crippen LogP contribution in [0.5, 0.6) is 0 Å². The van der Waals surface area contributed by atoms with E-state index in [1.807, 2.05) is 0 Å². The quantitative estimate of drug-likeness (QED) is 0.622. The number of ether oxygens (including phenoxy) is 1. The van der Waals surface area contributed by atoms with Gasteiger partial charge < -0.3 is 4.74 Å². The fourth-order valence-electron chi connectivity index (χ4n) is 2.02. The molecule has 0 saturated carbocycles. The highest BCUT2D eigenvalue weighted by Crippen LogP contribution is 2.28. The van der Waals surface area contributed by atoms with Crippen LogP contribution in [0.1, 0.15) is 12.5 Å². The predicted octanol–water partition coefficient (Wildman–Crippen LogP) is 4.35. The molecule has 2 aromatic rings. The Hall–Kier alpha value is -2.56. The Bertz CT molecular complexity index is 731. The summed E-state index contributed by atoms with van der Waals surface area (Å²) in [7, 11) is 1.25. The second kappa shape index (κ2) is 6.47. The van der Waals surface area contributed by atoms with Gasteiger partial charge in [0.2, 0.25) is 0 Å². The summed E-state index contributed by atoms with van der Waals surface area (Å²) >= 11 is 0. The molecule has 0 aliphatic heterocycles. The Labute approximate surface area is 125 Å². The average molecular weight is 306 g/mol. The van der Waals surface area contributed by atoms with Crippen LogP contribution in [0, 0.1) is 17.5 Å². The van der Waals surface area contributed by atoms with E-state index in [-0.39, 0.29) is 11.1 Å². The maximum Gasteiger partial charge on any atom is 0.330 e. The van der Waals surface area contributed by atoms with Crippen LogP contribution in [0.15, 0.2) is 42.5 Å². The molecule has 0 fully saturated rings. The number of methoxy groups -OCH3 is 1. The average Bonchev–Trinajstić information content (AvgIpc) is 2.46. The molecule has 0 aliphatic rings. The largest absolute Gasteiger partial charge is 0.466 e. The summed E-state index contributed by atoms with van der Waals surface area (Å²) < 4.78 is 45.1. The van der Waals surface area contributed by atoms with Crippen LogP contribution in [-0.2, 0) is 9.53 Å². The van der Waals surface area contributed by atoms with E-state index in [0.29, 0.717) is 17.2 Å². The molecule has 2 aromatic carbocycles. The van der Waals surface area contributed by atoms with E-state index in [4.69, 9.17) is 0 Å². The maximum absolute atomic E-state index is 14.0. The first-order valence-corrected chi connectivity index (χ1v) is 6.43. The summed E-state index contributed by atoms with van der Waals surface area (Å²) in [5.74, 6) is -2.73. The zero-order valence-corrected chi connectivity index (χ0v) is 12.0. The molecule has 0 atom stereocenters. The molecule has 0 bridgehead atoms. The molecule has 0 spiro atoms. The van der Waals surface area contributed by atoms with Gasteiger partial charge in [0, 0.05) is 17.7 Å². The molecular weight excluding hydrogens is 293 g/mol. The second-order valence-electron chi connectivity index (χ2n) is 4.70. The first-order valence-electron chi connectivity index (χ1n) is 6.43. The number of hydrogen-bond acceptors (Lipinski definition) is 2. The standard InChI is InChI=1S/C17H13F3O2/c1-10(5-17(21)22-2)11-3-4-16(20)15(8-11)12-6-13(18)9-14(19)7-12/h3-9H,1-2H3/b10-5+. The lowest BCUT2D eigenvalue weighted by Gasteiger charge is -2.08. The summed E-state index contributed by atoms with van der Waals surface area (Å²) in [5, 5.41) is 0. The lowest BCUT2D eigenvalue weighted by Crippen LogP contribution is -1.96. The number of rotatable bonds is 3. The van der Waals surface area contributed by atoms with Gasteiger partial charge in [-0.25, -0.2) is 18.0 Å². The van der Waals surface area contributed by atoms with Gasteiger partial charge in [-0.3, -0.25) is 0 Å². The van der Waals surface area contributed by atoms with Crippen LogP contribution in [0.4, 0.5) is 13.2 Å². The Morgan fingerprint density at radius 2 is 1.68 bits per heavy atom. The zero-order valence-electron chi connectivity index (χ0n) is 12.0. The third kappa shape index (κ3) is 3.55. The van der Waals surface area contributed by atoms with Crippen molar-refractivity contribution >= 4 is 11.5 Å². The maximum atomic E-state index is 14.0. The normalized spacial score (nSPS) is 11.4. The molecule has 2 nitrogen and oxygen atoms in total. The van der Waals surface area contributed by atoms with Crippen molar-refractivity contribution in [3.05, 3.63) is 65.5 Å². The number of allylic oxidation sites excluding steroid dienone is 1. The Morgan fingerprint density at radius 1 is 1.05 bits per heavy atom. The monoisotopic (exact) mass is 306 g/mol. The molecule has 0 radical (unpaired) electrons. The fraction of sp³-hybridized carbons (Fsp3) is 0.118. The molecule has 0 heterocycles. The van der Waals surface area contributed by atoms with Gasteiger partial charge in [-0.15, -0.1) is 0 Å². The Morgan fingerprint density at radius 3 is 2.27 bits per heavy atom. The van der Waals surface area contributed by atoms with Gasteiger partial charge in [0.15, 0.2) is 0 Å². The van der Waals surface area contributed by atoms with Crippen molar-refractivity contribution in [2.75, 3.05) is 7.11 Å². The van der Waals surface area contributed by atoms with Gasteiger partial charge >= 0.3 is 5.97 Å². The van der Waals surface area contributed by atoms with E-state index >= 15 is 0 Å². The van der Waals surface area contributed by atoms with Gasteiger partial charge in [0.05, 0.1) is 7.11 Å². The smallest absolute Gasteiger partial charge is 0.330 e. The van der Waals surface area contributed by atoms with Gasteiger partial charge in [0.25, 0.3) is 0 Å². The zero-order chi connectivity index (χ0) is 16.3. The van der Waals surface area contributed by atoms with E-state index in [0.717, 1.165) is 12.1 Å². The molecule has 0 unspecified atom stereocenters. The molecule has 5 heteroatoms. The van der Waals surface area contributed by atoms with Crippen LogP contribution < -0.4 is 0 Å². The van der Waals surface area contributed by atoms with Gasteiger partial charge in [-0.2, -0.15) is 0 Å². The van der Waals surface area contributed by atoms with Crippen molar-refractivity contribution in [2.24, 2.45) is 0 Å². The SMILES string of the molecule is COC(=O)/C=C(\C)c1ccc(F)c(-c2cc(F)cc(F)c2)c1. The Balaban J connectivity index is 2.51. The molecule has 0 N–H and O–H groups in total. The molecule has 0 aromatic heterocycles. The number of esters is 1. The summed E-state index contributed by atoms with van der Waals surface area (Å²) in [4.78, 5) is 11.2. The van der Waals surface area contributed by atoms with Crippen molar-refractivity contribution in [3.63, 3.8) is 0 Å². The molecular formula is C17H13F3O2. The van der Waals surface area contributed by atoms with E-state index in [1.54, 1.807) is 6.92 Å². The van der Waals surface area contributed by atoms with E-state index in [9.17, 15) is 18.0 Å². The number of halogens is 3. The third-order valence-corrected chi connectivity index (χ3v) is 3.13. The van der Waals surface area contributed by atoms with Gasteiger partial charge in [-0.1, -0.05) is 6.07 Å². The number of hydrogen-bond donors (Lipinski definition) is 0. The number of carbonyl (C=O) groups excluding carboxylic acids is 1. The molecule has 114 valence electrons. The van der Waals surface area contributed by atoms with E-state index in [2.05, 4.69) is 4.74 Å². The van der Waals surface area contributed by atoms with Crippen molar-refractivity contribution in [3.8, 4) is 11.1 Å². The van der Waals surface area contributed by atoms with Crippen LogP contribution >= 0.6 is 0 Å². The van der Waals surface area contributed by atoms with Gasteiger partial charge in [0.1, 0.15) is 17.5 Å². The molecule has 0 aliphatic carbocycles. The second-order valence-corrected chi connectivity index (χ2v) is 4.70. The predicted molar refractivity (Wildman–Crippen MR) is 77.4 cm³/mol. The van der Waals surface area contributed by atoms with Crippen molar-refractivity contribution in [2.45, 2.75) is 6.92 Å². The van der Waals surface area contributed by atoms with Crippen molar-refractivity contribution in [1.82, 2.24) is 0 Å². The first kappa shape index (κ1) is 15.8. The highest BCUT2D eigenvalue weighted by Gasteiger charge is 2.10. The lowest BCUT2D eigenvalue weighted by molar-refractivity contribution is -0.134. The summed E-state index contributed by atoms with van der Waals surface area (Å²) in [5.41, 5.74) is 1.23. The number of carbonyl (C=O) groups is 1. The van der Waals surface area contributed by atoms with Crippen LogP contribution in [-0.4, -0.2) is 13.1 Å².